The minimum atomic E-state index is 0.582. The van der Waals surface area contributed by atoms with E-state index in [2.05, 4.69) is 0 Å². The average molecular weight is 217 g/mol. The van der Waals surface area contributed by atoms with E-state index in [1.54, 1.807) is 6.07 Å². The lowest BCUT2D eigenvalue weighted by atomic mass is 10.1. The fourth-order valence-electron chi connectivity index (χ4n) is 1.10. The van der Waals surface area contributed by atoms with Crippen LogP contribution in [0.5, 0.6) is 0 Å². The second-order valence-electron chi connectivity index (χ2n) is 2.79. The SMILES string of the molecule is O=CCCCc1ccc(Cl)cc1Cl. The van der Waals surface area contributed by atoms with Crippen LogP contribution in [0, 0.1) is 0 Å². The highest BCUT2D eigenvalue weighted by Gasteiger charge is 2.00. The lowest BCUT2D eigenvalue weighted by Gasteiger charge is -2.02. The summed E-state index contributed by atoms with van der Waals surface area (Å²) in [5, 5.41) is 1.32. The molecule has 0 spiro atoms. The topological polar surface area (TPSA) is 17.1 Å². The molecule has 0 saturated carbocycles. The zero-order valence-corrected chi connectivity index (χ0v) is 8.61. The van der Waals surface area contributed by atoms with Gasteiger partial charge in [0.05, 0.1) is 0 Å². The number of benzene rings is 1. The maximum absolute atomic E-state index is 10.1. The lowest BCUT2D eigenvalue weighted by molar-refractivity contribution is -0.107. The molecule has 0 saturated heterocycles. The Bertz CT molecular complexity index is 297. The Morgan fingerprint density at radius 1 is 1.31 bits per heavy atom. The van der Waals surface area contributed by atoms with E-state index in [0.29, 0.717) is 16.5 Å². The molecule has 0 aliphatic rings. The average Bonchev–Trinajstić information content (AvgIpc) is 2.09. The quantitative estimate of drug-likeness (QED) is 0.557. The molecule has 1 nitrogen and oxygen atoms in total. The van der Waals surface area contributed by atoms with Gasteiger partial charge in [-0.25, -0.2) is 0 Å². The van der Waals surface area contributed by atoms with Gasteiger partial charge in [0.2, 0.25) is 0 Å². The molecule has 0 atom stereocenters. The highest BCUT2D eigenvalue weighted by molar-refractivity contribution is 6.35. The van der Waals surface area contributed by atoms with Gasteiger partial charge in [0.25, 0.3) is 0 Å². The van der Waals surface area contributed by atoms with Crippen molar-refractivity contribution >= 4 is 29.5 Å². The normalized spacial score (nSPS) is 10.0. The maximum Gasteiger partial charge on any atom is 0.120 e. The first-order valence-electron chi connectivity index (χ1n) is 4.11. The molecule has 1 aromatic carbocycles. The Balaban J connectivity index is 2.61. The largest absolute Gasteiger partial charge is 0.303 e. The van der Waals surface area contributed by atoms with Crippen LogP contribution in [-0.2, 0) is 11.2 Å². The number of hydrogen-bond donors (Lipinski definition) is 0. The summed E-state index contributed by atoms with van der Waals surface area (Å²) < 4.78 is 0. The highest BCUT2D eigenvalue weighted by Crippen LogP contribution is 2.22. The van der Waals surface area contributed by atoms with Gasteiger partial charge >= 0.3 is 0 Å². The molecule has 70 valence electrons. The smallest absolute Gasteiger partial charge is 0.120 e. The monoisotopic (exact) mass is 216 g/mol. The molecule has 0 aromatic heterocycles. The van der Waals surface area contributed by atoms with Crippen molar-refractivity contribution in [2.24, 2.45) is 0 Å². The number of carbonyl (C=O) groups excluding carboxylic acids is 1. The fourth-order valence-corrected chi connectivity index (χ4v) is 1.60. The zero-order chi connectivity index (χ0) is 9.68. The molecule has 0 N–H and O–H groups in total. The molecule has 3 heteroatoms. The van der Waals surface area contributed by atoms with E-state index < -0.39 is 0 Å². The Labute approximate surface area is 87.7 Å². The van der Waals surface area contributed by atoms with Crippen molar-refractivity contribution in [3.05, 3.63) is 33.8 Å². The summed E-state index contributed by atoms with van der Waals surface area (Å²) in [6, 6.07) is 5.43. The number of aryl methyl sites for hydroxylation is 1. The first-order chi connectivity index (χ1) is 6.24. The molecule has 0 unspecified atom stereocenters. The third-order valence-electron chi connectivity index (χ3n) is 1.78. The summed E-state index contributed by atoms with van der Waals surface area (Å²) in [5.41, 5.74) is 1.05. The zero-order valence-electron chi connectivity index (χ0n) is 7.09. The predicted molar refractivity (Wildman–Crippen MR) is 55.5 cm³/mol. The first-order valence-corrected chi connectivity index (χ1v) is 4.87. The van der Waals surface area contributed by atoms with Gasteiger partial charge in [0.15, 0.2) is 0 Å². The second kappa shape index (κ2) is 5.25. The fraction of sp³-hybridized carbons (Fsp3) is 0.300. The van der Waals surface area contributed by atoms with E-state index >= 15 is 0 Å². The van der Waals surface area contributed by atoms with Crippen LogP contribution in [0.15, 0.2) is 18.2 Å². The van der Waals surface area contributed by atoms with Gasteiger partial charge < -0.3 is 4.79 Å². The summed E-state index contributed by atoms with van der Waals surface area (Å²) in [7, 11) is 0. The maximum atomic E-state index is 10.1. The van der Waals surface area contributed by atoms with Crippen LogP contribution in [0.3, 0.4) is 0 Å². The van der Waals surface area contributed by atoms with E-state index in [9.17, 15) is 4.79 Å². The summed E-state index contributed by atoms with van der Waals surface area (Å²) >= 11 is 11.7. The molecule has 0 heterocycles. The van der Waals surface area contributed by atoms with Gasteiger partial charge in [-0.05, 0) is 30.5 Å². The number of aldehydes is 1. The molecular formula is C10H10Cl2O. The molecule has 0 aliphatic carbocycles. The van der Waals surface area contributed by atoms with Crippen molar-refractivity contribution in [2.45, 2.75) is 19.3 Å². The third-order valence-corrected chi connectivity index (χ3v) is 2.37. The number of halogens is 2. The molecule has 1 aromatic rings. The van der Waals surface area contributed by atoms with E-state index in [-0.39, 0.29) is 0 Å². The van der Waals surface area contributed by atoms with E-state index in [0.717, 1.165) is 24.7 Å². The molecule has 0 amide bonds. The molecular weight excluding hydrogens is 207 g/mol. The highest BCUT2D eigenvalue weighted by atomic mass is 35.5. The Morgan fingerprint density at radius 3 is 2.69 bits per heavy atom. The summed E-state index contributed by atoms with van der Waals surface area (Å²) in [6.45, 7) is 0. The van der Waals surface area contributed by atoms with Gasteiger partial charge in [-0.15, -0.1) is 0 Å². The second-order valence-corrected chi connectivity index (χ2v) is 3.64. The Morgan fingerprint density at radius 2 is 2.08 bits per heavy atom. The third kappa shape index (κ3) is 3.37. The van der Waals surface area contributed by atoms with E-state index in [1.165, 1.54) is 0 Å². The molecule has 1 rings (SSSR count). The standard InChI is InChI=1S/C10H10Cl2O/c11-9-5-4-8(10(12)7-9)3-1-2-6-13/h4-7H,1-3H2. The van der Waals surface area contributed by atoms with Crippen molar-refractivity contribution in [3.8, 4) is 0 Å². The van der Waals surface area contributed by atoms with Crippen LogP contribution >= 0.6 is 23.2 Å². The minimum absolute atomic E-state index is 0.582. The van der Waals surface area contributed by atoms with Crippen molar-refractivity contribution in [1.82, 2.24) is 0 Å². The molecule has 0 aliphatic heterocycles. The van der Waals surface area contributed by atoms with Crippen molar-refractivity contribution in [1.29, 1.82) is 0 Å². The van der Waals surface area contributed by atoms with Crippen LogP contribution in [0.25, 0.3) is 0 Å². The van der Waals surface area contributed by atoms with Gasteiger partial charge in [0.1, 0.15) is 6.29 Å². The summed E-state index contributed by atoms with van der Waals surface area (Å²) in [6.07, 6.45) is 3.17. The van der Waals surface area contributed by atoms with Crippen LogP contribution < -0.4 is 0 Å². The molecule has 0 fully saturated rings. The Kier molecular flexibility index (Phi) is 4.26. The van der Waals surface area contributed by atoms with Crippen LogP contribution in [0.2, 0.25) is 10.0 Å². The van der Waals surface area contributed by atoms with E-state index in [1.807, 2.05) is 12.1 Å². The minimum Gasteiger partial charge on any atom is -0.303 e. The first kappa shape index (κ1) is 10.6. The van der Waals surface area contributed by atoms with Crippen LogP contribution in [0.4, 0.5) is 0 Å². The van der Waals surface area contributed by atoms with Gasteiger partial charge in [-0.1, -0.05) is 29.3 Å². The van der Waals surface area contributed by atoms with Gasteiger partial charge in [-0.2, -0.15) is 0 Å². The number of hydrogen-bond acceptors (Lipinski definition) is 1. The van der Waals surface area contributed by atoms with Crippen LogP contribution in [-0.4, -0.2) is 6.29 Å². The van der Waals surface area contributed by atoms with E-state index in [4.69, 9.17) is 23.2 Å². The molecule has 0 bridgehead atoms. The molecule has 13 heavy (non-hydrogen) atoms. The summed E-state index contributed by atoms with van der Waals surface area (Å²) in [4.78, 5) is 10.1. The predicted octanol–water partition coefficient (Wildman–Crippen LogP) is 3.52. The van der Waals surface area contributed by atoms with Crippen molar-refractivity contribution in [3.63, 3.8) is 0 Å². The lowest BCUT2D eigenvalue weighted by Crippen LogP contribution is -1.87. The van der Waals surface area contributed by atoms with Crippen LogP contribution in [0.1, 0.15) is 18.4 Å². The number of unbranched alkanes of at least 4 members (excludes halogenated alkanes) is 1. The van der Waals surface area contributed by atoms with Crippen molar-refractivity contribution in [2.75, 3.05) is 0 Å². The van der Waals surface area contributed by atoms with Gasteiger partial charge in [0, 0.05) is 16.5 Å². The number of rotatable bonds is 4. The van der Waals surface area contributed by atoms with Crippen molar-refractivity contribution < 1.29 is 4.79 Å². The number of carbonyl (C=O) groups is 1. The van der Waals surface area contributed by atoms with Gasteiger partial charge in [-0.3, -0.25) is 0 Å². The Hall–Kier alpha value is -0.530. The molecule has 0 radical (unpaired) electrons. The summed E-state index contributed by atoms with van der Waals surface area (Å²) in [5.74, 6) is 0.